The summed E-state index contributed by atoms with van der Waals surface area (Å²) in [5.41, 5.74) is 2.82. The van der Waals surface area contributed by atoms with Gasteiger partial charge in [0.1, 0.15) is 0 Å². The Morgan fingerprint density at radius 1 is 1.10 bits per heavy atom. The predicted octanol–water partition coefficient (Wildman–Crippen LogP) is 4.14. The lowest BCUT2D eigenvalue weighted by molar-refractivity contribution is -0.172. The maximum Gasteiger partial charge on any atom is 0.258 e. The number of allylic oxidation sites excluding steroid dienone is 4. The van der Waals surface area contributed by atoms with Gasteiger partial charge in [0.15, 0.2) is 0 Å². The Bertz CT molecular complexity index is 842. The van der Waals surface area contributed by atoms with Crippen LogP contribution >= 0.6 is 0 Å². The molecule has 0 aromatic heterocycles. The summed E-state index contributed by atoms with van der Waals surface area (Å²) in [5, 5.41) is 12.2. The van der Waals surface area contributed by atoms with Crippen molar-refractivity contribution in [3.05, 3.63) is 35.1 Å². The van der Waals surface area contributed by atoms with Crippen LogP contribution < -0.4 is 0 Å². The van der Waals surface area contributed by atoms with Gasteiger partial charge in [0.2, 0.25) is 0 Å². The van der Waals surface area contributed by atoms with Crippen molar-refractivity contribution in [1.29, 1.82) is 0 Å². The van der Waals surface area contributed by atoms with E-state index >= 15 is 0 Å². The van der Waals surface area contributed by atoms with E-state index in [-0.39, 0.29) is 16.7 Å². The molecule has 1 fully saturated rings. The molecule has 0 aromatic rings. The van der Waals surface area contributed by atoms with E-state index in [1.807, 2.05) is 0 Å². The molecule has 1 unspecified atom stereocenters. The zero-order valence-electron chi connectivity index (χ0n) is 18.0. The van der Waals surface area contributed by atoms with Crippen molar-refractivity contribution in [2.75, 3.05) is 20.8 Å². The number of methoxy groups -OCH3 is 2. The molecule has 0 spiro atoms. The Morgan fingerprint density at radius 2 is 1.90 bits per heavy atom. The molecule has 158 valence electrons. The molecule has 4 aliphatic carbocycles. The molecule has 0 radical (unpaired) electrons. The summed E-state index contributed by atoms with van der Waals surface area (Å²) >= 11 is 0. The zero-order valence-corrected chi connectivity index (χ0v) is 18.0. The van der Waals surface area contributed by atoms with Gasteiger partial charge in [0.05, 0.1) is 30.8 Å². The monoisotopic (exact) mass is 399 g/mol. The van der Waals surface area contributed by atoms with Crippen molar-refractivity contribution in [2.45, 2.75) is 64.4 Å². The quantitative estimate of drug-likeness (QED) is 0.775. The van der Waals surface area contributed by atoms with Crippen molar-refractivity contribution in [3.8, 4) is 0 Å². The van der Waals surface area contributed by atoms with Gasteiger partial charge in [-0.15, -0.1) is 0 Å². The van der Waals surface area contributed by atoms with Crippen LogP contribution in [0.5, 0.6) is 0 Å². The van der Waals surface area contributed by atoms with E-state index in [1.54, 1.807) is 14.2 Å². The summed E-state index contributed by atoms with van der Waals surface area (Å²) in [6.07, 6.45) is 12.0. The van der Waals surface area contributed by atoms with E-state index in [0.717, 1.165) is 50.0 Å². The topological polar surface area (TPSA) is 60.3 Å². The third-order valence-electron chi connectivity index (χ3n) is 8.90. The van der Waals surface area contributed by atoms with Crippen LogP contribution in [0.3, 0.4) is 0 Å². The van der Waals surface area contributed by atoms with Crippen molar-refractivity contribution in [2.24, 2.45) is 27.7 Å². The highest BCUT2D eigenvalue weighted by Crippen LogP contribution is 2.66. The van der Waals surface area contributed by atoms with Crippen LogP contribution in [0.15, 0.2) is 40.1 Å². The molecule has 5 nitrogen and oxygen atoms in total. The van der Waals surface area contributed by atoms with Crippen LogP contribution in [0.4, 0.5) is 0 Å². The van der Waals surface area contributed by atoms with Gasteiger partial charge in [-0.25, -0.2) is 4.99 Å². The van der Waals surface area contributed by atoms with Crippen molar-refractivity contribution >= 4 is 5.71 Å². The minimum absolute atomic E-state index is 0.0472. The fraction of sp³-hybridized carbons (Fsp3) is 0.708. The second-order valence-electron chi connectivity index (χ2n) is 9.88. The number of rotatable bonds is 3. The van der Waals surface area contributed by atoms with Crippen LogP contribution in [0, 0.1) is 22.7 Å². The second kappa shape index (κ2) is 6.53. The number of ether oxygens (including phenoxy) is 3. The Morgan fingerprint density at radius 3 is 2.62 bits per heavy atom. The molecule has 5 heteroatoms. The van der Waals surface area contributed by atoms with Crippen molar-refractivity contribution in [3.63, 3.8) is 0 Å². The minimum atomic E-state index is -0.663. The molecule has 1 heterocycles. The first-order chi connectivity index (χ1) is 13.9. The van der Waals surface area contributed by atoms with E-state index in [2.05, 4.69) is 37.1 Å². The first-order valence-electron chi connectivity index (χ1n) is 11.0. The van der Waals surface area contributed by atoms with Gasteiger partial charge in [-0.2, -0.15) is 0 Å². The standard InChI is InChI=1S/C24H33NO4/c1-22-11-12-24(26)18(6-5-15-13-16(27-3)9-10-23(15,24)2)17(22)7-8-19(22)20-14-29-21(25-20)28-4/h5,8,13,17-18,21,26H,6-7,9-12,14H2,1-4H3/t17-,18-,21?,22-,23-,24+/m0/s1. The Balaban J connectivity index is 1.48. The average molecular weight is 400 g/mol. The second-order valence-corrected chi connectivity index (χ2v) is 9.88. The van der Waals surface area contributed by atoms with Crippen LogP contribution in [0.1, 0.15) is 52.4 Å². The van der Waals surface area contributed by atoms with Crippen LogP contribution in [-0.2, 0) is 14.2 Å². The highest BCUT2D eigenvalue weighted by molar-refractivity contribution is 6.03. The number of fused-ring (bicyclic) bond motifs is 5. The largest absolute Gasteiger partial charge is 0.501 e. The number of hydrogen-bond donors (Lipinski definition) is 1. The fourth-order valence-electron chi connectivity index (χ4n) is 7.03. The summed E-state index contributed by atoms with van der Waals surface area (Å²) in [6, 6.07) is 0. The zero-order chi connectivity index (χ0) is 20.4. The van der Waals surface area contributed by atoms with E-state index in [0.29, 0.717) is 12.5 Å². The lowest BCUT2D eigenvalue weighted by atomic mass is 9.45. The predicted molar refractivity (Wildman–Crippen MR) is 111 cm³/mol. The molecule has 1 aliphatic heterocycles. The molecular formula is C24H33NO4. The molecule has 5 rings (SSSR count). The van der Waals surface area contributed by atoms with Gasteiger partial charge in [0.25, 0.3) is 6.41 Å². The Hall–Kier alpha value is -1.43. The van der Waals surface area contributed by atoms with Gasteiger partial charge in [0, 0.05) is 18.9 Å². The number of aliphatic hydroxyl groups is 1. The molecule has 6 atom stereocenters. The number of hydrogen-bond acceptors (Lipinski definition) is 5. The van der Waals surface area contributed by atoms with E-state index in [1.165, 1.54) is 11.1 Å². The minimum Gasteiger partial charge on any atom is -0.501 e. The fourth-order valence-corrected chi connectivity index (χ4v) is 7.03. The van der Waals surface area contributed by atoms with Gasteiger partial charge in [-0.3, -0.25) is 0 Å². The van der Waals surface area contributed by atoms with Crippen LogP contribution in [-0.4, -0.2) is 43.7 Å². The highest BCUT2D eigenvalue weighted by atomic mass is 16.7. The molecule has 0 aromatic carbocycles. The summed E-state index contributed by atoms with van der Waals surface area (Å²) in [7, 11) is 3.38. The molecule has 0 saturated heterocycles. The maximum atomic E-state index is 12.2. The lowest BCUT2D eigenvalue weighted by Crippen LogP contribution is -2.62. The molecule has 29 heavy (non-hydrogen) atoms. The van der Waals surface area contributed by atoms with E-state index in [9.17, 15) is 5.11 Å². The first-order valence-corrected chi connectivity index (χ1v) is 11.0. The Labute approximate surface area is 173 Å². The molecule has 5 aliphatic rings. The third-order valence-corrected chi connectivity index (χ3v) is 8.90. The van der Waals surface area contributed by atoms with E-state index in [4.69, 9.17) is 14.2 Å². The summed E-state index contributed by atoms with van der Waals surface area (Å²) in [5.74, 6) is 1.73. The molecule has 1 N–H and O–H groups in total. The summed E-state index contributed by atoms with van der Waals surface area (Å²) < 4.78 is 16.4. The van der Waals surface area contributed by atoms with Gasteiger partial charge in [-0.1, -0.05) is 26.0 Å². The molecular weight excluding hydrogens is 366 g/mol. The number of aliphatic imine (C=N–C) groups is 1. The molecule has 0 amide bonds. The summed E-state index contributed by atoms with van der Waals surface area (Å²) in [6.45, 7) is 5.18. The third kappa shape index (κ3) is 2.53. The maximum absolute atomic E-state index is 12.2. The lowest BCUT2D eigenvalue weighted by Gasteiger charge is -2.61. The van der Waals surface area contributed by atoms with E-state index < -0.39 is 12.0 Å². The smallest absolute Gasteiger partial charge is 0.258 e. The summed E-state index contributed by atoms with van der Waals surface area (Å²) in [4.78, 5) is 4.65. The number of nitrogens with zero attached hydrogens (tertiary/aromatic N) is 1. The van der Waals surface area contributed by atoms with Crippen molar-refractivity contribution < 1.29 is 19.3 Å². The van der Waals surface area contributed by atoms with Gasteiger partial charge >= 0.3 is 0 Å². The average Bonchev–Trinajstić information content (AvgIpc) is 3.32. The van der Waals surface area contributed by atoms with Crippen LogP contribution in [0.2, 0.25) is 0 Å². The highest BCUT2D eigenvalue weighted by Gasteiger charge is 2.64. The first kappa shape index (κ1) is 19.5. The van der Waals surface area contributed by atoms with Gasteiger partial charge < -0.3 is 19.3 Å². The molecule has 0 bridgehead atoms. The van der Waals surface area contributed by atoms with Crippen LogP contribution in [0.25, 0.3) is 0 Å². The van der Waals surface area contributed by atoms with Crippen molar-refractivity contribution in [1.82, 2.24) is 0 Å². The normalized spacial score (nSPS) is 46.0. The Kier molecular flexibility index (Phi) is 4.40. The SMILES string of the molecule is COC1=CC2=CC[C@H]3[C@@H]4CC=C(C5=NC(OC)OC5)[C@@]4(C)CC[C@]3(O)[C@@]2(C)CC1. The van der Waals surface area contributed by atoms with Gasteiger partial charge in [-0.05, 0) is 66.6 Å². The molecule has 1 saturated carbocycles.